The van der Waals surface area contributed by atoms with E-state index in [2.05, 4.69) is 22.2 Å². The summed E-state index contributed by atoms with van der Waals surface area (Å²) in [5.41, 5.74) is 2.43. The van der Waals surface area contributed by atoms with E-state index in [1.165, 1.54) is 0 Å². The van der Waals surface area contributed by atoms with Crippen LogP contribution in [0.15, 0.2) is 54.6 Å². The maximum atomic E-state index is 13.0. The zero-order valence-corrected chi connectivity index (χ0v) is 17.5. The summed E-state index contributed by atoms with van der Waals surface area (Å²) in [5, 5.41) is 4.40. The first-order chi connectivity index (χ1) is 14.1. The number of rotatable bonds is 6. The molecule has 1 N–H and O–H groups in total. The Morgan fingerprint density at radius 3 is 2.45 bits per heavy atom. The highest BCUT2D eigenvalue weighted by Gasteiger charge is 2.22. The fourth-order valence-electron chi connectivity index (χ4n) is 3.92. The highest BCUT2D eigenvalue weighted by molar-refractivity contribution is 6.36. The third-order valence-corrected chi connectivity index (χ3v) is 5.95. The standard InChI is InChI=1S/C23H27ClN4O/c1-26-14-16-27(17-15-26)13-7-12-25-23(29)21-19-10-5-6-11-20(19)28(22(21)24)18-8-3-2-4-9-18/h2-6,8-11H,7,12-17H2,1H3,(H,25,29). The average molecular weight is 411 g/mol. The van der Waals surface area contributed by atoms with Gasteiger partial charge in [-0.25, -0.2) is 0 Å². The maximum absolute atomic E-state index is 13.0. The lowest BCUT2D eigenvalue weighted by Crippen LogP contribution is -2.45. The minimum atomic E-state index is -0.112. The van der Waals surface area contributed by atoms with Crippen molar-refractivity contribution in [3.63, 3.8) is 0 Å². The minimum Gasteiger partial charge on any atom is -0.352 e. The first-order valence-corrected chi connectivity index (χ1v) is 10.6. The van der Waals surface area contributed by atoms with Crippen molar-refractivity contribution in [2.75, 3.05) is 46.3 Å². The molecule has 29 heavy (non-hydrogen) atoms. The van der Waals surface area contributed by atoms with E-state index in [0.717, 1.165) is 55.7 Å². The molecule has 6 heteroatoms. The third kappa shape index (κ3) is 4.32. The monoisotopic (exact) mass is 410 g/mol. The Kier molecular flexibility index (Phi) is 6.19. The predicted octanol–water partition coefficient (Wildman–Crippen LogP) is 3.65. The Bertz CT molecular complexity index is 977. The van der Waals surface area contributed by atoms with E-state index in [-0.39, 0.29) is 5.91 Å². The zero-order chi connectivity index (χ0) is 20.2. The molecular formula is C23H27ClN4O. The molecule has 4 rings (SSSR count). The number of hydrogen-bond acceptors (Lipinski definition) is 3. The molecule has 1 aromatic heterocycles. The zero-order valence-electron chi connectivity index (χ0n) is 16.8. The van der Waals surface area contributed by atoms with Crippen molar-refractivity contribution in [3.05, 3.63) is 65.3 Å². The van der Waals surface area contributed by atoms with Crippen LogP contribution in [0, 0.1) is 0 Å². The van der Waals surface area contributed by atoms with Crippen molar-refractivity contribution in [2.45, 2.75) is 6.42 Å². The van der Waals surface area contributed by atoms with Gasteiger partial charge < -0.3 is 15.1 Å². The van der Waals surface area contributed by atoms with Gasteiger partial charge in [0, 0.05) is 43.8 Å². The van der Waals surface area contributed by atoms with E-state index < -0.39 is 0 Å². The van der Waals surface area contributed by atoms with Crippen molar-refractivity contribution in [1.82, 2.24) is 19.7 Å². The molecule has 0 radical (unpaired) electrons. The van der Waals surface area contributed by atoms with Crippen LogP contribution in [0.3, 0.4) is 0 Å². The molecule has 1 aliphatic rings. The molecule has 1 amide bonds. The number of nitrogens with one attached hydrogen (secondary N) is 1. The van der Waals surface area contributed by atoms with Gasteiger partial charge in [0.1, 0.15) is 5.15 Å². The lowest BCUT2D eigenvalue weighted by Gasteiger charge is -2.32. The molecule has 5 nitrogen and oxygen atoms in total. The van der Waals surface area contributed by atoms with Gasteiger partial charge >= 0.3 is 0 Å². The molecule has 0 aliphatic carbocycles. The number of fused-ring (bicyclic) bond motifs is 1. The number of hydrogen-bond donors (Lipinski definition) is 1. The van der Waals surface area contributed by atoms with Gasteiger partial charge in [-0.3, -0.25) is 9.36 Å². The molecule has 0 saturated carbocycles. The Labute approximate surface area is 176 Å². The van der Waals surface area contributed by atoms with Gasteiger partial charge in [0.05, 0.1) is 11.1 Å². The van der Waals surface area contributed by atoms with Crippen molar-refractivity contribution in [3.8, 4) is 5.69 Å². The van der Waals surface area contributed by atoms with Gasteiger partial charge in [0.15, 0.2) is 0 Å². The highest BCUT2D eigenvalue weighted by atomic mass is 35.5. The number of carbonyl (C=O) groups is 1. The first-order valence-electron chi connectivity index (χ1n) is 10.2. The smallest absolute Gasteiger partial charge is 0.255 e. The molecule has 2 heterocycles. The van der Waals surface area contributed by atoms with Gasteiger partial charge in [-0.05, 0) is 38.2 Å². The summed E-state index contributed by atoms with van der Waals surface area (Å²) in [6.45, 7) is 6.07. The second-order valence-corrected chi connectivity index (χ2v) is 7.97. The number of para-hydroxylation sites is 2. The summed E-state index contributed by atoms with van der Waals surface area (Å²) in [7, 11) is 2.16. The number of piperazine rings is 1. The number of likely N-dealkylation sites (N-methyl/N-ethyl adjacent to an activating group) is 1. The molecule has 3 aromatic rings. The summed E-state index contributed by atoms with van der Waals surface area (Å²) in [6.07, 6.45) is 0.935. The number of carbonyl (C=O) groups excluding carboxylic acids is 1. The molecule has 0 unspecified atom stereocenters. The van der Waals surface area contributed by atoms with E-state index in [1.807, 2.05) is 59.2 Å². The molecule has 2 aromatic carbocycles. The van der Waals surface area contributed by atoms with Crippen molar-refractivity contribution in [1.29, 1.82) is 0 Å². The quantitative estimate of drug-likeness (QED) is 0.630. The SMILES string of the molecule is CN1CCN(CCCNC(=O)c2c(Cl)n(-c3ccccc3)c3ccccc23)CC1. The molecule has 0 bridgehead atoms. The second kappa shape index (κ2) is 8.99. The summed E-state index contributed by atoms with van der Waals surface area (Å²) in [4.78, 5) is 17.8. The van der Waals surface area contributed by atoms with Crippen molar-refractivity contribution >= 4 is 28.4 Å². The van der Waals surface area contributed by atoms with Crippen LogP contribution in [-0.4, -0.2) is 66.6 Å². The number of nitrogens with zero attached hydrogens (tertiary/aromatic N) is 3. The van der Waals surface area contributed by atoms with Gasteiger partial charge in [-0.1, -0.05) is 48.0 Å². The van der Waals surface area contributed by atoms with Crippen LogP contribution >= 0.6 is 11.6 Å². The normalized spacial score (nSPS) is 15.7. The Hall–Kier alpha value is -2.34. The molecule has 0 atom stereocenters. The molecule has 0 spiro atoms. The topological polar surface area (TPSA) is 40.5 Å². The number of benzene rings is 2. The van der Waals surface area contributed by atoms with Gasteiger partial charge in [0.2, 0.25) is 0 Å². The largest absolute Gasteiger partial charge is 0.352 e. The fourth-order valence-corrected chi connectivity index (χ4v) is 4.29. The van der Waals surface area contributed by atoms with Crippen LogP contribution in [0.5, 0.6) is 0 Å². The predicted molar refractivity (Wildman–Crippen MR) is 119 cm³/mol. The van der Waals surface area contributed by atoms with Crippen LogP contribution < -0.4 is 5.32 Å². The van der Waals surface area contributed by atoms with Gasteiger partial charge in [-0.2, -0.15) is 0 Å². The van der Waals surface area contributed by atoms with Crippen LogP contribution in [0.1, 0.15) is 16.8 Å². The lowest BCUT2D eigenvalue weighted by molar-refractivity contribution is 0.0951. The van der Waals surface area contributed by atoms with E-state index in [9.17, 15) is 4.79 Å². The Morgan fingerprint density at radius 2 is 1.69 bits per heavy atom. The number of aromatic nitrogens is 1. The summed E-state index contributed by atoms with van der Waals surface area (Å²) < 4.78 is 1.94. The van der Waals surface area contributed by atoms with Crippen molar-refractivity contribution < 1.29 is 4.79 Å². The number of amides is 1. The average Bonchev–Trinajstić information content (AvgIpc) is 3.05. The first kappa shape index (κ1) is 20.0. The number of halogens is 1. The highest BCUT2D eigenvalue weighted by Crippen LogP contribution is 2.32. The second-order valence-electron chi connectivity index (χ2n) is 7.61. The van der Waals surface area contributed by atoms with E-state index in [4.69, 9.17) is 11.6 Å². The summed E-state index contributed by atoms with van der Waals surface area (Å²) in [6, 6.07) is 17.8. The van der Waals surface area contributed by atoms with E-state index >= 15 is 0 Å². The molecule has 1 saturated heterocycles. The fraction of sp³-hybridized carbons (Fsp3) is 0.348. The van der Waals surface area contributed by atoms with Crippen LogP contribution in [-0.2, 0) is 0 Å². The van der Waals surface area contributed by atoms with Crippen molar-refractivity contribution in [2.24, 2.45) is 0 Å². The van der Waals surface area contributed by atoms with Crippen LogP contribution in [0.2, 0.25) is 5.15 Å². The van der Waals surface area contributed by atoms with Crippen LogP contribution in [0.25, 0.3) is 16.6 Å². The van der Waals surface area contributed by atoms with Gasteiger partial charge in [0.25, 0.3) is 5.91 Å². The summed E-state index contributed by atoms with van der Waals surface area (Å²) >= 11 is 6.72. The Morgan fingerprint density at radius 1 is 1.00 bits per heavy atom. The maximum Gasteiger partial charge on any atom is 0.255 e. The van der Waals surface area contributed by atoms with E-state index in [0.29, 0.717) is 17.3 Å². The van der Waals surface area contributed by atoms with Gasteiger partial charge in [-0.15, -0.1) is 0 Å². The molecule has 152 valence electrons. The third-order valence-electron chi connectivity index (χ3n) is 5.59. The molecular weight excluding hydrogens is 384 g/mol. The van der Waals surface area contributed by atoms with Crippen LogP contribution in [0.4, 0.5) is 0 Å². The lowest BCUT2D eigenvalue weighted by atomic mass is 10.1. The molecule has 1 fully saturated rings. The Balaban J connectivity index is 1.47. The molecule has 1 aliphatic heterocycles. The minimum absolute atomic E-state index is 0.112. The van der Waals surface area contributed by atoms with E-state index in [1.54, 1.807) is 0 Å². The summed E-state index contributed by atoms with van der Waals surface area (Å²) in [5.74, 6) is -0.112.